The summed E-state index contributed by atoms with van der Waals surface area (Å²) in [6, 6.07) is 10.4. The second-order valence-electron chi connectivity index (χ2n) is 3.93. The highest BCUT2D eigenvalue weighted by atomic mass is 16.6. The molecule has 0 saturated heterocycles. The zero-order valence-corrected chi connectivity index (χ0v) is 10.9. The number of amides is 1. The van der Waals surface area contributed by atoms with Gasteiger partial charge < -0.3 is 9.47 Å². The van der Waals surface area contributed by atoms with Gasteiger partial charge in [0, 0.05) is 5.57 Å². The molecule has 0 saturated carbocycles. The normalized spacial score (nSPS) is 10.8. The Balaban J connectivity index is 2.32. The Morgan fingerprint density at radius 2 is 2.26 bits per heavy atom. The largest absolute Gasteiger partial charge is 0.458 e. The third-order valence-electron chi connectivity index (χ3n) is 1.99. The molecule has 0 aliphatic heterocycles. The molecule has 0 fully saturated rings. The molecule has 0 aliphatic carbocycles. The Hall–Kier alpha value is -2.48. The summed E-state index contributed by atoms with van der Waals surface area (Å²) in [5, 5.41) is 2.48. The van der Waals surface area contributed by atoms with E-state index in [4.69, 9.17) is 9.47 Å². The first-order valence-electron chi connectivity index (χ1n) is 5.67. The summed E-state index contributed by atoms with van der Waals surface area (Å²) in [5.74, 6) is -0.512. The fraction of sp³-hybridized carbons (Fsp3) is 0.286. The van der Waals surface area contributed by atoms with Crippen LogP contribution in [0.25, 0.3) is 0 Å². The minimum absolute atomic E-state index is 0.0241. The van der Waals surface area contributed by atoms with Crippen LogP contribution in [0.2, 0.25) is 0 Å². The van der Waals surface area contributed by atoms with Crippen molar-refractivity contribution in [3.63, 3.8) is 0 Å². The fourth-order valence-electron chi connectivity index (χ4n) is 1.10. The van der Waals surface area contributed by atoms with Gasteiger partial charge in [-0.25, -0.2) is 9.59 Å². The molecule has 0 bridgehead atoms. The third-order valence-corrected chi connectivity index (χ3v) is 1.99. The van der Waals surface area contributed by atoms with Crippen molar-refractivity contribution < 1.29 is 19.1 Å². The third kappa shape index (κ3) is 5.59. The zero-order valence-electron chi connectivity index (χ0n) is 10.9. The molecule has 0 spiro atoms. The molecule has 1 rings (SSSR count). The van der Waals surface area contributed by atoms with Gasteiger partial charge in [0.05, 0.1) is 5.69 Å². The van der Waals surface area contributed by atoms with Gasteiger partial charge in [-0.1, -0.05) is 18.7 Å². The summed E-state index contributed by atoms with van der Waals surface area (Å²) < 4.78 is 9.85. The second kappa shape index (κ2) is 7.07. The maximum absolute atomic E-state index is 11.5. The summed E-state index contributed by atoms with van der Waals surface area (Å²) in [4.78, 5) is 22.6. The molecule has 0 radical (unpaired) electrons. The number of esters is 1. The molecule has 1 amide bonds. The highest BCUT2D eigenvalue weighted by Gasteiger charge is 2.12. The number of carbonyl (C=O) groups is 2. The van der Waals surface area contributed by atoms with Crippen molar-refractivity contribution in [3.05, 3.63) is 42.5 Å². The number of anilines is 1. The van der Waals surface area contributed by atoms with Crippen LogP contribution in [0.15, 0.2) is 30.4 Å². The van der Waals surface area contributed by atoms with Crippen molar-refractivity contribution in [1.29, 1.82) is 0 Å². The first kappa shape index (κ1) is 14.6. The highest BCUT2D eigenvalue weighted by Crippen LogP contribution is 2.03. The average molecular weight is 261 g/mol. The van der Waals surface area contributed by atoms with Crippen molar-refractivity contribution in [2.75, 3.05) is 11.9 Å². The SMILES string of the molecule is C=C(C)C(=O)OCC(C)OC(=O)Nc1c#cccc1. The van der Waals surface area contributed by atoms with E-state index < -0.39 is 18.2 Å². The van der Waals surface area contributed by atoms with E-state index in [-0.39, 0.29) is 6.61 Å². The molecule has 0 aliphatic rings. The fourth-order valence-corrected chi connectivity index (χ4v) is 1.10. The average Bonchev–Trinajstić information content (AvgIpc) is 2.36. The van der Waals surface area contributed by atoms with Gasteiger partial charge >= 0.3 is 12.1 Å². The van der Waals surface area contributed by atoms with Crippen LogP contribution in [0.5, 0.6) is 0 Å². The highest BCUT2D eigenvalue weighted by molar-refractivity contribution is 5.87. The van der Waals surface area contributed by atoms with Crippen LogP contribution in [0.3, 0.4) is 0 Å². The minimum Gasteiger partial charge on any atom is -0.458 e. The van der Waals surface area contributed by atoms with Crippen LogP contribution >= 0.6 is 0 Å². The number of nitrogens with one attached hydrogen (secondary N) is 1. The Labute approximate surface area is 112 Å². The van der Waals surface area contributed by atoms with Gasteiger partial charge in [-0.05, 0) is 32.0 Å². The lowest BCUT2D eigenvalue weighted by Crippen LogP contribution is -2.25. The van der Waals surface area contributed by atoms with E-state index in [2.05, 4.69) is 24.0 Å². The first-order chi connectivity index (χ1) is 8.99. The monoisotopic (exact) mass is 261 g/mol. The number of rotatable bonds is 5. The molecule has 19 heavy (non-hydrogen) atoms. The molecule has 5 heteroatoms. The van der Waals surface area contributed by atoms with Gasteiger partial charge in [-0.15, -0.1) is 0 Å². The van der Waals surface area contributed by atoms with E-state index in [1.807, 2.05) is 0 Å². The number of carbonyl (C=O) groups excluding carboxylic acids is 2. The first-order valence-corrected chi connectivity index (χ1v) is 5.67. The van der Waals surface area contributed by atoms with Crippen molar-refractivity contribution >= 4 is 17.7 Å². The van der Waals surface area contributed by atoms with E-state index in [9.17, 15) is 9.59 Å². The van der Waals surface area contributed by atoms with Crippen LogP contribution in [0.4, 0.5) is 10.5 Å². The van der Waals surface area contributed by atoms with Gasteiger partial charge in [-0.3, -0.25) is 5.32 Å². The van der Waals surface area contributed by atoms with Gasteiger partial charge in [0.15, 0.2) is 0 Å². The Kier molecular flexibility index (Phi) is 5.42. The van der Waals surface area contributed by atoms with E-state index in [0.717, 1.165) is 0 Å². The Morgan fingerprint density at radius 3 is 2.84 bits per heavy atom. The summed E-state index contributed by atoms with van der Waals surface area (Å²) in [7, 11) is 0. The van der Waals surface area contributed by atoms with E-state index >= 15 is 0 Å². The van der Waals surface area contributed by atoms with E-state index in [0.29, 0.717) is 11.3 Å². The molecule has 1 N–H and O–H groups in total. The molecular formula is C14H15NO4. The van der Waals surface area contributed by atoms with Crippen molar-refractivity contribution in [2.24, 2.45) is 0 Å². The summed E-state index contributed by atoms with van der Waals surface area (Å²) in [6.07, 6.45) is -1.20. The summed E-state index contributed by atoms with van der Waals surface area (Å²) in [5.41, 5.74) is 0.754. The molecule has 1 aromatic carbocycles. The van der Waals surface area contributed by atoms with Crippen LogP contribution < -0.4 is 5.32 Å². The van der Waals surface area contributed by atoms with E-state index in [1.54, 1.807) is 32.0 Å². The molecule has 1 unspecified atom stereocenters. The van der Waals surface area contributed by atoms with Gasteiger partial charge in [0.1, 0.15) is 12.7 Å². The summed E-state index contributed by atoms with van der Waals surface area (Å²) >= 11 is 0. The predicted octanol–water partition coefficient (Wildman–Crippen LogP) is 2.34. The number of ether oxygens (including phenoxy) is 2. The lowest BCUT2D eigenvalue weighted by atomic mass is 10.3. The van der Waals surface area contributed by atoms with Crippen LogP contribution in [-0.2, 0) is 14.3 Å². The number of hydrogen-bond donors (Lipinski definition) is 1. The molecular weight excluding hydrogens is 246 g/mol. The van der Waals surface area contributed by atoms with Gasteiger partial charge in [0.25, 0.3) is 0 Å². The van der Waals surface area contributed by atoms with Crippen molar-refractivity contribution in [3.8, 4) is 0 Å². The summed E-state index contributed by atoms with van der Waals surface area (Å²) in [6.45, 7) is 6.58. The van der Waals surface area contributed by atoms with Crippen LogP contribution in [0, 0.1) is 12.1 Å². The predicted molar refractivity (Wildman–Crippen MR) is 69.5 cm³/mol. The molecule has 0 heterocycles. The van der Waals surface area contributed by atoms with Crippen molar-refractivity contribution in [1.82, 2.24) is 0 Å². The lowest BCUT2D eigenvalue weighted by Gasteiger charge is -2.13. The Bertz CT molecular complexity index is 456. The molecule has 5 nitrogen and oxygen atoms in total. The topological polar surface area (TPSA) is 64.6 Å². The Morgan fingerprint density at radius 1 is 1.53 bits per heavy atom. The van der Waals surface area contributed by atoms with Gasteiger partial charge in [0.2, 0.25) is 0 Å². The molecule has 100 valence electrons. The molecule has 1 atom stereocenters. The lowest BCUT2D eigenvalue weighted by molar-refractivity contribution is -0.141. The maximum atomic E-state index is 11.5. The quantitative estimate of drug-likeness (QED) is 0.652. The zero-order chi connectivity index (χ0) is 14.3. The number of hydrogen-bond acceptors (Lipinski definition) is 4. The van der Waals surface area contributed by atoms with Crippen molar-refractivity contribution in [2.45, 2.75) is 20.0 Å². The second-order valence-corrected chi connectivity index (χ2v) is 3.93. The molecule has 0 aromatic heterocycles. The standard InChI is InChI=1S/C14H15NO4/c1-10(2)13(16)18-9-11(3)19-14(17)15-12-7-5-4-6-8-12/h4-5,7,11H,1,9H2,2-3H3,(H,15,17). The van der Waals surface area contributed by atoms with Crippen LogP contribution in [-0.4, -0.2) is 24.8 Å². The molecule has 1 aromatic rings. The van der Waals surface area contributed by atoms with Crippen LogP contribution in [0.1, 0.15) is 13.8 Å². The van der Waals surface area contributed by atoms with Gasteiger partial charge in [-0.2, -0.15) is 0 Å². The maximum Gasteiger partial charge on any atom is 0.412 e. The van der Waals surface area contributed by atoms with E-state index in [1.165, 1.54) is 0 Å². The minimum atomic E-state index is -0.644. The smallest absolute Gasteiger partial charge is 0.412 e.